The van der Waals surface area contributed by atoms with Gasteiger partial charge in [0.2, 0.25) is 27.9 Å². The van der Waals surface area contributed by atoms with Crippen LogP contribution in [0.1, 0.15) is 0 Å². The van der Waals surface area contributed by atoms with Crippen molar-refractivity contribution in [2.45, 2.75) is 4.90 Å². The number of nitrogens with one attached hydrogen (secondary N) is 4. The molecule has 0 saturated carbocycles. The van der Waals surface area contributed by atoms with Gasteiger partial charge in [-0.2, -0.15) is 27.6 Å². The third kappa shape index (κ3) is 9.37. The number of hydrogen-bond acceptors (Lipinski definition) is 13. The van der Waals surface area contributed by atoms with Crippen LogP contribution < -0.4 is 24.9 Å². The van der Waals surface area contributed by atoms with E-state index >= 15 is 0 Å². The number of rotatable bonds is 13. The Labute approximate surface area is 191 Å². The lowest BCUT2D eigenvalue weighted by atomic mass is 10.3. The van der Waals surface area contributed by atoms with Crippen LogP contribution in [0, 0.1) is 0 Å². The summed E-state index contributed by atoms with van der Waals surface area (Å²) < 4.78 is 81.5. The molecule has 7 N–H and O–H groups in total. The first-order valence-corrected chi connectivity index (χ1v) is 13.2. The van der Waals surface area contributed by atoms with E-state index in [4.69, 9.17) is 13.8 Å². The molecule has 2 aromatic rings. The van der Waals surface area contributed by atoms with Gasteiger partial charge in [0.1, 0.15) is 0 Å². The minimum absolute atomic E-state index is 0.0146. The number of sulfonamides is 1. The van der Waals surface area contributed by atoms with Crippen LogP contribution >= 0.6 is 0 Å². The van der Waals surface area contributed by atoms with E-state index in [1.807, 2.05) is 0 Å². The molecule has 16 nitrogen and oxygen atoms in total. The molecular formula is C14H21N7O9S3. The number of anilines is 4. The summed E-state index contributed by atoms with van der Waals surface area (Å²) in [5.74, 6) is -0.493. The maximum Gasteiger partial charge on any atom is 0.357 e. The number of hydrogen-bond donors (Lipinski definition) is 7. The predicted octanol–water partition coefficient (Wildman–Crippen LogP) is -1.26. The van der Waals surface area contributed by atoms with E-state index < -0.39 is 36.4 Å². The van der Waals surface area contributed by atoms with Crippen molar-refractivity contribution in [2.75, 3.05) is 48.4 Å². The molecule has 33 heavy (non-hydrogen) atoms. The highest BCUT2D eigenvalue weighted by molar-refractivity contribution is 7.88. The number of nitrogens with zero attached hydrogens (tertiary/aromatic N) is 3. The van der Waals surface area contributed by atoms with Crippen molar-refractivity contribution < 1.29 is 39.4 Å². The third-order valence-electron chi connectivity index (χ3n) is 3.46. The van der Waals surface area contributed by atoms with Crippen molar-refractivity contribution in [3.05, 3.63) is 18.2 Å². The number of aliphatic hydroxyl groups is 1. The van der Waals surface area contributed by atoms with Crippen LogP contribution in [0.4, 0.5) is 23.5 Å². The Morgan fingerprint density at radius 1 is 1.00 bits per heavy atom. The molecule has 0 saturated heterocycles. The van der Waals surface area contributed by atoms with Gasteiger partial charge in [0.15, 0.2) is 5.75 Å². The van der Waals surface area contributed by atoms with Gasteiger partial charge < -0.3 is 25.2 Å². The van der Waals surface area contributed by atoms with Gasteiger partial charge in [-0.05, 0) is 18.2 Å². The Balaban J connectivity index is 2.36. The van der Waals surface area contributed by atoms with Crippen LogP contribution in [0.2, 0.25) is 0 Å². The van der Waals surface area contributed by atoms with E-state index in [-0.39, 0.29) is 55.5 Å². The van der Waals surface area contributed by atoms with Gasteiger partial charge in [-0.1, -0.05) is 0 Å². The Hall–Kier alpha value is -2.68. The first kappa shape index (κ1) is 26.6. The zero-order valence-corrected chi connectivity index (χ0v) is 19.4. The summed E-state index contributed by atoms with van der Waals surface area (Å²) in [5.41, 5.74) is -0.184. The Bertz CT molecular complexity index is 1210. The molecule has 0 radical (unpaired) electrons. The van der Waals surface area contributed by atoms with Crippen LogP contribution in [0.5, 0.6) is 5.75 Å². The molecule has 0 bridgehead atoms. The Morgan fingerprint density at radius 2 is 1.61 bits per heavy atom. The van der Waals surface area contributed by atoms with E-state index in [9.17, 15) is 25.6 Å². The molecule has 2 rings (SSSR count). The van der Waals surface area contributed by atoms with Gasteiger partial charge in [0.05, 0.1) is 23.4 Å². The van der Waals surface area contributed by atoms with E-state index in [1.165, 1.54) is 0 Å². The summed E-state index contributed by atoms with van der Waals surface area (Å²) in [7, 11) is -8.02. The van der Waals surface area contributed by atoms with Gasteiger partial charge in [0.25, 0.3) is 10.1 Å². The molecule has 1 aromatic heterocycles. The molecular weight excluding hydrogens is 506 g/mol. The standard InChI is InChI=1S/C14H21N7O9S3/c1-32(25,26)17-5-4-15-12-19-13(16-6-7-22)21-14(20-12)18-10-8-9(33(27,28)29)2-3-11(10)30-31(23)24/h2-3,8,17,22H,4-7H2,1H3,(H,23,24)(H,27,28,29)(H3,15,16,18,19,20,21). The van der Waals surface area contributed by atoms with Crippen molar-refractivity contribution in [1.82, 2.24) is 19.7 Å². The predicted molar refractivity (Wildman–Crippen MR) is 118 cm³/mol. The number of aliphatic hydroxyl groups excluding tert-OH is 1. The van der Waals surface area contributed by atoms with Crippen LogP contribution in [0.15, 0.2) is 23.1 Å². The molecule has 0 spiro atoms. The highest BCUT2D eigenvalue weighted by atomic mass is 32.2. The first-order valence-electron chi connectivity index (χ1n) is 8.84. The lowest BCUT2D eigenvalue weighted by Gasteiger charge is -2.13. The van der Waals surface area contributed by atoms with E-state index in [2.05, 4.69) is 35.6 Å². The van der Waals surface area contributed by atoms with Crippen molar-refractivity contribution in [3.8, 4) is 5.75 Å². The fourth-order valence-corrected chi connectivity index (χ4v) is 3.48. The topological polar surface area (TPSA) is 242 Å². The number of benzene rings is 1. The highest BCUT2D eigenvalue weighted by Gasteiger charge is 2.17. The largest absolute Gasteiger partial charge is 0.395 e. The van der Waals surface area contributed by atoms with Crippen LogP contribution in [0.25, 0.3) is 0 Å². The summed E-state index contributed by atoms with van der Waals surface area (Å²) in [4.78, 5) is 11.6. The van der Waals surface area contributed by atoms with Crippen LogP contribution in [0.3, 0.4) is 0 Å². The normalized spacial score (nSPS) is 12.7. The monoisotopic (exact) mass is 527 g/mol. The maximum atomic E-state index is 11.5. The summed E-state index contributed by atoms with van der Waals surface area (Å²) in [5, 5.41) is 17.1. The van der Waals surface area contributed by atoms with E-state index in [1.54, 1.807) is 0 Å². The van der Waals surface area contributed by atoms with E-state index in [0.29, 0.717) is 0 Å². The molecule has 1 atom stereocenters. The second-order valence-electron chi connectivity index (χ2n) is 6.11. The van der Waals surface area contributed by atoms with Crippen molar-refractivity contribution in [3.63, 3.8) is 0 Å². The van der Waals surface area contributed by atoms with Gasteiger partial charge in [-0.3, -0.25) is 9.11 Å². The van der Waals surface area contributed by atoms with Crippen LogP contribution in [-0.4, -0.2) is 82.7 Å². The molecule has 1 aromatic carbocycles. The molecule has 0 aliphatic carbocycles. The first-order chi connectivity index (χ1) is 15.4. The molecule has 0 amide bonds. The zero-order valence-electron chi connectivity index (χ0n) is 16.9. The molecule has 19 heteroatoms. The lowest BCUT2D eigenvalue weighted by Crippen LogP contribution is -2.28. The lowest BCUT2D eigenvalue weighted by molar-refractivity contribution is 0.311. The fourth-order valence-electron chi connectivity index (χ4n) is 2.21. The average Bonchev–Trinajstić information content (AvgIpc) is 2.69. The van der Waals surface area contributed by atoms with Crippen LogP contribution in [-0.2, 0) is 31.5 Å². The van der Waals surface area contributed by atoms with Gasteiger partial charge in [0, 0.05) is 19.6 Å². The summed E-state index contributed by atoms with van der Waals surface area (Å²) in [6.07, 6.45) is 0.995. The molecule has 0 aliphatic rings. The Kier molecular flexibility index (Phi) is 9.22. The summed E-state index contributed by atoms with van der Waals surface area (Å²) >= 11 is -2.75. The van der Waals surface area contributed by atoms with E-state index in [0.717, 1.165) is 24.5 Å². The second kappa shape index (κ2) is 11.4. The summed E-state index contributed by atoms with van der Waals surface area (Å²) in [6.45, 7) is -0.0593. The molecule has 184 valence electrons. The number of aromatic nitrogens is 3. The van der Waals surface area contributed by atoms with Gasteiger partial charge in [-0.15, -0.1) is 0 Å². The third-order valence-corrected chi connectivity index (χ3v) is 5.36. The van der Waals surface area contributed by atoms with Crippen molar-refractivity contribution in [1.29, 1.82) is 0 Å². The SMILES string of the molecule is CS(=O)(=O)NCCNc1nc(NCCO)nc(Nc2cc(S(=O)(=O)O)ccc2OS(=O)O)n1. The highest BCUT2D eigenvalue weighted by Crippen LogP contribution is 2.30. The van der Waals surface area contributed by atoms with Crippen molar-refractivity contribution >= 4 is 55.0 Å². The zero-order chi connectivity index (χ0) is 24.6. The average molecular weight is 528 g/mol. The quantitative estimate of drug-likeness (QED) is 0.0913. The molecule has 1 heterocycles. The maximum absolute atomic E-state index is 11.5. The molecule has 0 fully saturated rings. The minimum atomic E-state index is -4.61. The minimum Gasteiger partial charge on any atom is -0.395 e. The smallest absolute Gasteiger partial charge is 0.357 e. The van der Waals surface area contributed by atoms with Gasteiger partial charge in [-0.25, -0.2) is 13.1 Å². The molecule has 1 unspecified atom stereocenters. The second-order valence-corrected chi connectivity index (χ2v) is 9.96. The Morgan fingerprint density at radius 3 is 2.15 bits per heavy atom. The fraction of sp³-hybridized carbons (Fsp3) is 0.357. The molecule has 0 aliphatic heterocycles. The van der Waals surface area contributed by atoms with Gasteiger partial charge >= 0.3 is 11.4 Å². The summed E-state index contributed by atoms with van der Waals surface area (Å²) in [6, 6.07) is 2.90. The van der Waals surface area contributed by atoms with Crippen molar-refractivity contribution in [2.24, 2.45) is 0 Å².